The van der Waals surface area contributed by atoms with Crippen molar-refractivity contribution in [1.29, 1.82) is 0 Å². The first-order chi connectivity index (χ1) is 13.5. The predicted octanol–water partition coefficient (Wildman–Crippen LogP) is 5.27. The average Bonchev–Trinajstić information content (AvgIpc) is 2.98. The summed E-state index contributed by atoms with van der Waals surface area (Å²) >= 11 is 6.04. The molecule has 140 valence electrons. The Morgan fingerprint density at radius 1 is 1.00 bits per heavy atom. The van der Waals surface area contributed by atoms with E-state index in [4.69, 9.17) is 11.6 Å². The molecule has 7 heteroatoms. The van der Waals surface area contributed by atoms with Crippen molar-refractivity contribution in [3.63, 3.8) is 0 Å². The normalized spacial score (nSPS) is 11.0. The number of anilines is 1. The third-order valence-electron chi connectivity index (χ3n) is 4.25. The van der Waals surface area contributed by atoms with Crippen LogP contribution in [-0.2, 0) is 6.54 Å². The van der Waals surface area contributed by atoms with E-state index in [0.29, 0.717) is 22.5 Å². The number of amides is 1. The number of carbonyl (C=O) groups is 1. The summed E-state index contributed by atoms with van der Waals surface area (Å²) in [7, 11) is 0. The van der Waals surface area contributed by atoms with Gasteiger partial charge in [0.25, 0.3) is 5.91 Å². The second-order valence-corrected chi connectivity index (χ2v) is 6.70. The van der Waals surface area contributed by atoms with Crippen LogP contribution in [0.2, 0.25) is 5.02 Å². The van der Waals surface area contributed by atoms with Gasteiger partial charge in [0.05, 0.1) is 12.1 Å². The highest BCUT2D eigenvalue weighted by molar-refractivity contribution is 6.30. The number of fused-ring (bicyclic) bond motifs is 1. The summed E-state index contributed by atoms with van der Waals surface area (Å²) in [6.07, 6.45) is 0. The molecule has 1 heterocycles. The second-order valence-electron chi connectivity index (χ2n) is 6.26. The van der Waals surface area contributed by atoms with Crippen molar-refractivity contribution in [2.45, 2.75) is 6.54 Å². The van der Waals surface area contributed by atoms with Gasteiger partial charge in [0.2, 0.25) is 0 Å². The van der Waals surface area contributed by atoms with E-state index in [2.05, 4.69) is 10.4 Å². The van der Waals surface area contributed by atoms with Crippen molar-refractivity contribution in [2.75, 3.05) is 5.32 Å². The molecule has 0 aliphatic carbocycles. The molecule has 1 amide bonds. The maximum absolute atomic E-state index is 13.8. The summed E-state index contributed by atoms with van der Waals surface area (Å²) < 4.78 is 28.8. The van der Waals surface area contributed by atoms with E-state index in [9.17, 15) is 13.6 Å². The number of rotatable bonds is 4. The predicted molar refractivity (Wildman–Crippen MR) is 105 cm³/mol. The van der Waals surface area contributed by atoms with Gasteiger partial charge in [0.1, 0.15) is 11.6 Å². The van der Waals surface area contributed by atoms with Crippen molar-refractivity contribution >= 4 is 34.2 Å². The molecule has 1 aromatic heterocycles. The Morgan fingerprint density at radius 2 is 1.79 bits per heavy atom. The first-order valence-corrected chi connectivity index (χ1v) is 8.85. The quantitative estimate of drug-likeness (QED) is 0.510. The Kier molecular flexibility index (Phi) is 4.79. The van der Waals surface area contributed by atoms with Crippen molar-refractivity contribution < 1.29 is 13.6 Å². The highest BCUT2D eigenvalue weighted by atomic mass is 35.5. The van der Waals surface area contributed by atoms with Gasteiger partial charge in [-0.2, -0.15) is 5.10 Å². The highest BCUT2D eigenvalue weighted by Crippen LogP contribution is 2.26. The van der Waals surface area contributed by atoms with Crippen LogP contribution in [0, 0.1) is 11.6 Å². The van der Waals surface area contributed by atoms with Gasteiger partial charge < -0.3 is 5.32 Å². The third-order valence-corrected chi connectivity index (χ3v) is 4.49. The van der Waals surface area contributed by atoms with Crippen LogP contribution in [0.4, 0.5) is 14.6 Å². The Labute approximate surface area is 164 Å². The minimum Gasteiger partial charge on any atom is -0.305 e. The van der Waals surface area contributed by atoms with Crippen molar-refractivity contribution in [3.8, 4) is 0 Å². The topological polar surface area (TPSA) is 46.9 Å². The van der Waals surface area contributed by atoms with Crippen LogP contribution in [0.1, 0.15) is 15.9 Å². The molecular formula is C21H14ClF2N3O. The number of hydrogen-bond acceptors (Lipinski definition) is 2. The summed E-state index contributed by atoms with van der Waals surface area (Å²) in [6.45, 7) is 0.387. The minimum absolute atomic E-state index is 0.147. The van der Waals surface area contributed by atoms with Gasteiger partial charge in [-0.3, -0.25) is 9.48 Å². The summed E-state index contributed by atoms with van der Waals surface area (Å²) in [4.78, 5) is 12.5. The van der Waals surface area contributed by atoms with Gasteiger partial charge in [-0.05, 0) is 54.1 Å². The Balaban J connectivity index is 1.72. The molecule has 1 N–H and O–H groups in total. The summed E-state index contributed by atoms with van der Waals surface area (Å²) in [5.74, 6) is -1.30. The van der Waals surface area contributed by atoms with Crippen LogP contribution in [0.15, 0.2) is 66.7 Å². The number of benzene rings is 3. The molecule has 4 aromatic rings. The number of halogens is 3. The highest BCUT2D eigenvalue weighted by Gasteiger charge is 2.16. The molecular weight excluding hydrogens is 384 g/mol. The summed E-state index contributed by atoms with van der Waals surface area (Å²) in [5.41, 5.74) is 1.70. The standard InChI is InChI=1S/C21H14ClF2N3O/c22-15-5-1-3-13(9-15)12-27-19-8-7-17(24)11-18(19)20(26-27)25-21(28)14-4-2-6-16(23)10-14/h1-11H,12H2,(H,25,26,28). The molecule has 0 unspecified atom stereocenters. The van der Waals surface area contributed by atoms with Crippen LogP contribution in [0.3, 0.4) is 0 Å². The number of nitrogens with one attached hydrogen (secondary N) is 1. The Hall–Kier alpha value is -3.25. The van der Waals surface area contributed by atoms with Crippen molar-refractivity contribution in [3.05, 3.63) is 94.5 Å². The lowest BCUT2D eigenvalue weighted by Gasteiger charge is -2.04. The van der Waals surface area contributed by atoms with Crippen LogP contribution >= 0.6 is 11.6 Å². The molecule has 4 rings (SSSR count). The molecule has 3 aromatic carbocycles. The number of hydrogen-bond donors (Lipinski definition) is 1. The molecule has 0 bridgehead atoms. The van der Waals surface area contributed by atoms with E-state index in [1.54, 1.807) is 16.8 Å². The first kappa shape index (κ1) is 18.1. The van der Waals surface area contributed by atoms with Crippen LogP contribution in [-0.4, -0.2) is 15.7 Å². The van der Waals surface area contributed by atoms with Gasteiger partial charge >= 0.3 is 0 Å². The molecule has 0 aliphatic heterocycles. The van der Waals surface area contributed by atoms with E-state index in [-0.39, 0.29) is 11.4 Å². The zero-order valence-corrected chi connectivity index (χ0v) is 15.3. The van der Waals surface area contributed by atoms with Gasteiger partial charge in [0.15, 0.2) is 5.82 Å². The molecule has 0 saturated heterocycles. The van der Waals surface area contributed by atoms with Crippen LogP contribution in [0.5, 0.6) is 0 Å². The van der Waals surface area contributed by atoms with Crippen molar-refractivity contribution in [1.82, 2.24) is 9.78 Å². The number of carbonyl (C=O) groups excluding carboxylic acids is 1. The monoisotopic (exact) mass is 397 g/mol. The van der Waals surface area contributed by atoms with Gasteiger partial charge in [0, 0.05) is 16.0 Å². The van der Waals surface area contributed by atoms with E-state index in [1.807, 2.05) is 18.2 Å². The van der Waals surface area contributed by atoms with Crippen LogP contribution in [0.25, 0.3) is 10.9 Å². The number of aromatic nitrogens is 2. The molecule has 0 fully saturated rings. The van der Waals surface area contributed by atoms with Gasteiger partial charge in [-0.15, -0.1) is 0 Å². The fourth-order valence-corrected chi connectivity index (χ4v) is 3.19. The molecule has 0 aliphatic rings. The molecule has 28 heavy (non-hydrogen) atoms. The fraction of sp³-hybridized carbons (Fsp3) is 0.0476. The van der Waals surface area contributed by atoms with Gasteiger partial charge in [-0.1, -0.05) is 29.8 Å². The molecule has 0 radical (unpaired) electrons. The lowest BCUT2D eigenvalue weighted by Crippen LogP contribution is -2.13. The summed E-state index contributed by atoms with van der Waals surface area (Å²) in [5, 5.41) is 8.12. The van der Waals surface area contributed by atoms with Crippen LogP contribution < -0.4 is 5.32 Å². The van der Waals surface area contributed by atoms with Crippen molar-refractivity contribution in [2.24, 2.45) is 0 Å². The average molecular weight is 398 g/mol. The largest absolute Gasteiger partial charge is 0.305 e. The maximum atomic E-state index is 13.8. The van der Waals surface area contributed by atoms with E-state index in [0.717, 1.165) is 11.6 Å². The molecule has 0 atom stereocenters. The zero-order chi connectivity index (χ0) is 19.7. The lowest BCUT2D eigenvalue weighted by atomic mass is 10.2. The minimum atomic E-state index is -0.530. The lowest BCUT2D eigenvalue weighted by molar-refractivity contribution is 0.102. The summed E-state index contributed by atoms with van der Waals surface area (Å²) in [6, 6.07) is 16.8. The smallest absolute Gasteiger partial charge is 0.256 e. The SMILES string of the molecule is O=C(Nc1nn(Cc2cccc(Cl)c2)c2ccc(F)cc12)c1cccc(F)c1. The zero-order valence-electron chi connectivity index (χ0n) is 14.5. The second kappa shape index (κ2) is 7.40. The fourth-order valence-electron chi connectivity index (χ4n) is 2.98. The Bertz CT molecular complexity index is 1190. The third kappa shape index (κ3) is 3.73. The first-order valence-electron chi connectivity index (χ1n) is 8.47. The number of nitrogens with zero attached hydrogens (tertiary/aromatic N) is 2. The van der Waals surface area contributed by atoms with E-state index >= 15 is 0 Å². The maximum Gasteiger partial charge on any atom is 0.256 e. The molecule has 4 nitrogen and oxygen atoms in total. The molecule has 0 saturated carbocycles. The van der Waals surface area contributed by atoms with Gasteiger partial charge in [-0.25, -0.2) is 8.78 Å². The Morgan fingerprint density at radius 3 is 2.57 bits per heavy atom. The van der Waals surface area contributed by atoms with E-state index < -0.39 is 17.5 Å². The van der Waals surface area contributed by atoms with E-state index in [1.165, 1.54) is 30.3 Å². The molecule has 0 spiro atoms.